The summed E-state index contributed by atoms with van der Waals surface area (Å²) in [5.41, 5.74) is 4.19. The van der Waals surface area contributed by atoms with Gasteiger partial charge in [0, 0.05) is 36.7 Å². The maximum Gasteiger partial charge on any atom is 0.407 e. The molecule has 0 aromatic carbocycles. The van der Waals surface area contributed by atoms with Crippen molar-refractivity contribution in [3.8, 4) is 11.4 Å². The van der Waals surface area contributed by atoms with E-state index >= 15 is 0 Å². The van der Waals surface area contributed by atoms with Gasteiger partial charge >= 0.3 is 6.09 Å². The smallest absolute Gasteiger partial charge is 0.407 e. The number of fused-ring (bicyclic) bond motifs is 2. The minimum Gasteiger partial charge on any atom is -0.444 e. The molecule has 1 saturated carbocycles. The van der Waals surface area contributed by atoms with Gasteiger partial charge in [-0.2, -0.15) is 5.10 Å². The maximum atomic E-state index is 14.7. The maximum absolute atomic E-state index is 14.7. The number of nitrogens with zero attached hydrogens (tertiary/aromatic N) is 5. The van der Waals surface area contributed by atoms with Gasteiger partial charge in [-0.05, 0) is 76.8 Å². The fourth-order valence-electron chi connectivity index (χ4n) is 5.55. The van der Waals surface area contributed by atoms with Gasteiger partial charge in [0.25, 0.3) is 5.91 Å². The largest absolute Gasteiger partial charge is 0.444 e. The number of piperidine rings is 1. The van der Waals surface area contributed by atoms with Crippen LogP contribution in [0.5, 0.6) is 0 Å². The first-order chi connectivity index (χ1) is 19.4. The summed E-state index contributed by atoms with van der Waals surface area (Å²) in [6.45, 7) is 8.31. The number of likely N-dealkylation sites (tertiary alicyclic amines) is 1. The molecule has 0 radical (unpaired) electrons. The summed E-state index contributed by atoms with van der Waals surface area (Å²) in [6.07, 6.45) is 2.32. The van der Waals surface area contributed by atoms with E-state index in [-0.39, 0.29) is 25.4 Å². The van der Waals surface area contributed by atoms with Gasteiger partial charge in [0.05, 0.1) is 29.4 Å². The van der Waals surface area contributed by atoms with Crippen LogP contribution in [0.3, 0.4) is 0 Å². The van der Waals surface area contributed by atoms with Crippen molar-refractivity contribution in [2.45, 2.75) is 71.3 Å². The predicted molar refractivity (Wildman–Crippen MR) is 155 cm³/mol. The van der Waals surface area contributed by atoms with E-state index in [0.717, 1.165) is 40.0 Å². The first-order valence-corrected chi connectivity index (χ1v) is 14.4. The summed E-state index contributed by atoms with van der Waals surface area (Å²) in [4.78, 5) is 31.8. The van der Waals surface area contributed by atoms with Crippen LogP contribution in [0.1, 0.15) is 56.0 Å². The lowest BCUT2D eigenvalue weighted by Crippen LogP contribution is -2.54. The molecule has 5 heterocycles. The number of amides is 2. The lowest BCUT2D eigenvalue weighted by Gasteiger charge is -2.35. The Labute approximate surface area is 242 Å². The number of alkyl halides is 1. The number of aryl methyl sites for hydroxylation is 1. The zero-order valence-electron chi connectivity index (χ0n) is 23.7. The van der Waals surface area contributed by atoms with Crippen LogP contribution in [-0.4, -0.2) is 67.0 Å². The monoisotopic (exact) mass is 580 g/mol. The molecule has 2 atom stereocenters. The first kappa shape index (κ1) is 27.5. The van der Waals surface area contributed by atoms with Crippen LogP contribution in [-0.2, 0) is 11.3 Å². The van der Waals surface area contributed by atoms with Crippen LogP contribution in [0.25, 0.3) is 27.9 Å². The van der Waals surface area contributed by atoms with Crippen molar-refractivity contribution in [2.75, 3.05) is 13.1 Å². The van der Waals surface area contributed by atoms with Crippen LogP contribution in [0.4, 0.5) is 9.18 Å². The number of carbonyl (C=O) groups excluding carboxylic acids is 2. The van der Waals surface area contributed by atoms with Crippen LogP contribution >= 0.6 is 11.6 Å². The van der Waals surface area contributed by atoms with Crippen LogP contribution in [0, 0.1) is 12.8 Å². The zero-order chi connectivity index (χ0) is 29.1. The molecular formula is C30H34ClFN6O3. The Kier molecular flexibility index (Phi) is 6.92. The lowest BCUT2D eigenvalue weighted by atomic mass is 10.0. The van der Waals surface area contributed by atoms with Gasteiger partial charge < -0.3 is 19.5 Å². The van der Waals surface area contributed by atoms with Crippen molar-refractivity contribution >= 4 is 40.2 Å². The molecule has 1 saturated heterocycles. The Morgan fingerprint density at radius 3 is 2.68 bits per heavy atom. The van der Waals surface area contributed by atoms with E-state index in [4.69, 9.17) is 21.4 Å². The molecule has 0 bridgehead atoms. The van der Waals surface area contributed by atoms with Gasteiger partial charge in [-0.25, -0.2) is 18.7 Å². The molecule has 2 aliphatic rings. The topological polar surface area (TPSA) is 93.8 Å². The van der Waals surface area contributed by atoms with Crippen molar-refractivity contribution < 1.29 is 18.7 Å². The highest BCUT2D eigenvalue weighted by molar-refractivity contribution is 6.29. The summed E-state index contributed by atoms with van der Waals surface area (Å²) < 4.78 is 23.9. The highest BCUT2D eigenvalue weighted by Crippen LogP contribution is 2.37. The van der Waals surface area contributed by atoms with Gasteiger partial charge in [0.15, 0.2) is 0 Å². The van der Waals surface area contributed by atoms with Gasteiger partial charge in [-0.3, -0.25) is 4.79 Å². The molecule has 2 fully saturated rings. The van der Waals surface area contributed by atoms with Gasteiger partial charge in [0.2, 0.25) is 0 Å². The second kappa shape index (κ2) is 10.3. The van der Waals surface area contributed by atoms with Crippen LogP contribution in [0.2, 0.25) is 5.15 Å². The number of ether oxygens (including phenoxy) is 1. The van der Waals surface area contributed by atoms with E-state index in [0.29, 0.717) is 16.6 Å². The molecule has 41 heavy (non-hydrogen) atoms. The summed E-state index contributed by atoms with van der Waals surface area (Å²) >= 11 is 6.24. The Morgan fingerprint density at radius 2 is 1.95 bits per heavy atom. The average Bonchev–Trinajstić information content (AvgIpc) is 3.57. The molecule has 2 amide bonds. The van der Waals surface area contributed by atoms with E-state index in [1.165, 1.54) is 17.7 Å². The molecule has 4 aromatic rings. The molecule has 0 unspecified atom stereocenters. The normalized spacial score (nSPS) is 19.6. The van der Waals surface area contributed by atoms with Gasteiger partial charge in [-0.1, -0.05) is 11.6 Å². The molecule has 11 heteroatoms. The minimum atomic E-state index is -1.26. The number of nitrogens with one attached hydrogen (secondary N) is 1. The molecule has 6 rings (SSSR count). The number of halogens is 2. The predicted octanol–water partition coefficient (Wildman–Crippen LogP) is 5.80. The van der Waals surface area contributed by atoms with Crippen molar-refractivity contribution in [2.24, 2.45) is 5.92 Å². The molecule has 9 nitrogen and oxygen atoms in total. The Hall–Kier alpha value is -3.66. The molecule has 1 aliphatic carbocycles. The molecule has 0 spiro atoms. The fourth-order valence-corrected chi connectivity index (χ4v) is 5.69. The molecular weight excluding hydrogens is 547 g/mol. The SMILES string of the molecule is Cc1c(-c2cc3ccc(Cl)nc3n2CC2CC2)nn2cc(C(=O)N3C[C@H](F)C[C@@H](NC(=O)OC(C)(C)C)C3)ccc12. The van der Waals surface area contributed by atoms with E-state index in [9.17, 15) is 14.0 Å². The summed E-state index contributed by atoms with van der Waals surface area (Å²) in [5.74, 6) is 0.297. The number of aromatic nitrogens is 4. The fraction of sp³-hybridized carbons (Fsp3) is 0.467. The van der Waals surface area contributed by atoms with E-state index < -0.39 is 23.9 Å². The quantitative estimate of drug-likeness (QED) is 0.301. The third-order valence-electron chi connectivity index (χ3n) is 7.62. The van der Waals surface area contributed by atoms with Gasteiger partial charge in [0.1, 0.15) is 28.3 Å². The highest BCUT2D eigenvalue weighted by Gasteiger charge is 2.33. The number of hydrogen-bond acceptors (Lipinski definition) is 5. The first-order valence-electron chi connectivity index (χ1n) is 14.0. The second-order valence-corrected chi connectivity index (χ2v) is 12.6. The summed E-state index contributed by atoms with van der Waals surface area (Å²) in [5, 5.41) is 9.05. The summed E-state index contributed by atoms with van der Waals surface area (Å²) in [6, 6.07) is 8.93. The Bertz CT molecular complexity index is 1650. The van der Waals surface area contributed by atoms with Crippen molar-refractivity contribution in [1.82, 2.24) is 29.4 Å². The van der Waals surface area contributed by atoms with E-state index in [2.05, 4.69) is 20.9 Å². The zero-order valence-corrected chi connectivity index (χ0v) is 24.4. The van der Waals surface area contributed by atoms with Crippen molar-refractivity contribution in [3.05, 3.63) is 52.8 Å². The second-order valence-electron chi connectivity index (χ2n) is 12.2. The number of alkyl carbamates (subject to hydrolysis) is 1. The molecule has 1 N–H and O–H groups in total. The Balaban J connectivity index is 1.28. The number of hydrogen-bond donors (Lipinski definition) is 1. The van der Waals surface area contributed by atoms with E-state index in [1.54, 1.807) is 43.6 Å². The van der Waals surface area contributed by atoms with Crippen LogP contribution < -0.4 is 5.32 Å². The third-order valence-corrected chi connectivity index (χ3v) is 7.83. The highest BCUT2D eigenvalue weighted by atomic mass is 35.5. The Morgan fingerprint density at radius 1 is 1.17 bits per heavy atom. The van der Waals surface area contributed by atoms with Crippen molar-refractivity contribution in [1.29, 1.82) is 0 Å². The number of carbonyl (C=O) groups is 2. The van der Waals surface area contributed by atoms with Crippen molar-refractivity contribution in [3.63, 3.8) is 0 Å². The molecule has 1 aliphatic heterocycles. The molecule has 216 valence electrons. The van der Waals surface area contributed by atoms with E-state index in [1.807, 2.05) is 19.1 Å². The van der Waals surface area contributed by atoms with Gasteiger partial charge in [-0.15, -0.1) is 0 Å². The number of rotatable bonds is 5. The average molecular weight is 581 g/mol. The third kappa shape index (κ3) is 5.75. The molecule has 4 aromatic heterocycles. The van der Waals surface area contributed by atoms with Crippen LogP contribution in [0.15, 0.2) is 36.5 Å². The summed E-state index contributed by atoms with van der Waals surface area (Å²) in [7, 11) is 0. The lowest BCUT2D eigenvalue weighted by molar-refractivity contribution is 0.0394. The number of pyridine rings is 2. The minimum absolute atomic E-state index is 0.0381. The standard InChI is InChI=1S/C30H34ClFN6O3/c1-17-23-9-7-20(28(39)36-15-21(32)12-22(16-36)33-29(40)41-30(2,3)4)14-38(23)35-26(17)24-11-19-8-10-25(31)34-27(19)37(24)13-18-5-6-18/h7-11,14,18,21-22H,5-6,12-13,15-16H2,1-4H3,(H,33,40)/t21-,22-/m1/s1.